The molecule has 0 heterocycles. The van der Waals surface area contributed by atoms with E-state index in [9.17, 15) is 4.39 Å². The molecule has 118 valence electrons. The summed E-state index contributed by atoms with van der Waals surface area (Å²) in [5, 5.41) is 4.12. The van der Waals surface area contributed by atoms with Gasteiger partial charge in [0.25, 0.3) is 0 Å². The van der Waals surface area contributed by atoms with E-state index in [0.717, 1.165) is 16.6 Å². The van der Waals surface area contributed by atoms with Crippen LogP contribution in [0.15, 0.2) is 18.2 Å². The average molecular weight is 311 g/mol. The third kappa shape index (κ3) is 4.89. The molecule has 0 radical (unpaired) electrons. The Balaban J connectivity index is 1.89. The van der Waals surface area contributed by atoms with Crippen LogP contribution >= 0.6 is 11.8 Å². The number of ether oxygens (including phenoxy) is 1. The molecule has 1 aliphatic carbocycles. The predicted octanol–water partition coefficient (Wildman–Crippen LogP) is 4.03. The molecule has 2 nitrogen and oxygen atoms in total. The highest BCUT2D eigenvalue weighted by Gasteiger charge is 2.18. The minimum Gasteiger partial charge on any atom is -0.494 e. The molecule has 0 amide bonds. The van der Waals surface area contributed by atoms with Gasteiger partial charge in [-0.15, -0.1) is 0 Å². The molecule has 1 N–H and O–H groups in total. The fraction of sp³-hybridized carbons (Fsp3) is 0.647. The summed E-state index contributed by atoms with van der Waals surface area (Å²) >= 11 is 2.05. The van der Waals surface area contributed by atoms with E-state index < -0.39 is 0 Å². The smallest absolute Gasteiger partial charge is 0.168 e. The Morgan fingerprint density at radius 2 is 2.10 bits per heavy atom. The number of hydrogen-bond donors (Lipinski definition) is 1. The van der Waals surface area contributed by atoms with E-state index in [1.807, 2.05) is 30.9 Å². The van der Waals surface area contributed by atoms with Gasteiger partial charge >= 0.3 is 0 Å². The first-order chi connectivity index (χ1) is 10.2. The number of halogens is 1. The molecule has 0 aromatic heterocycles. The van der Waals surface area contributed by atoms with Crippen LogP contribution in [-0.4, -0.2) is 31.2 Å². The molecule has 0 aliphatic heterocycles. The van der Waals surface area contributed by atoms with Crippen LogP contribution in [-0.2, 0) is 6.42 Å². The van der Waals surface area contributed by atoms with Crippen molar-refractivity contribution in [3.63, 3.8) is 0 Å². The summed E-state index contributed by atoms with van der Waals surface area (Å²) in [5.74, 6) is 1.16. The van der Waals surface area contributed by atoms with E-state index in [4.69, 9.17) is 4.74 Å². The Bertz CT molecular complexity index is 435. The van der Waals surface area contributed by atoms with Crippen molar-refractivity contribution in [3.05, 3.63) is 29.6 Å². The third-order valence-electron chi connectivity index (χ3n) is 4.22. The molecule has 1 fully saturated rings. The van der Waals surface area contributed by atoms with Crippen molar-refractivity contribution in [2.45, 2.75) is 49.8 Å². The number of methoxy groups -OCH3 is 1. The second kappa shape index (κ2) is 8.64. The van der Waals surface area contributed by atoms with Gasteiger partial charge in [0, 0.05) is 17.0 Å². The molecule has 2 rings (SSSR count). The number of hydrogen-bond acceptors (Lipinski definition) is 3. The van der Waals surface area contributed by atoms with Gasteiger partial charge in [-0.05, 0) is 37.9 Å². The zero-order valence-electron chi connectivity index (χ0n) is 13.0. The van der Waals surface area contributed by atoms with E-state index in [1.165, 1.54) is 39.2 Å². The van der Waals surface area contributed by atoms with Crippen molar-refractivity contribution in [1.29, 1.82) is 0 Å². The summed E-state index contributed by atoms with van der Waals surface area (Å²) in [4.78, 5) is 0. The highest BCUT2D eigenvalue weighted by Crippen LogP contribution is 2.29. The molecule has 1 aromatic rings. The molecule has 0 saturated heterocycles. The summed E-state index contributed by atoms with van der Waals surface area (Å²) in [5.41, 5.74) is 0.734. The highest BCUT2D eigenvalue weighted by atomic mass is 32.2. The summed E-state index contributed by atoms with van der Waals surface area (Å²) in [6, 6.07) is 5.69. The first-order valence-corrected chi connectivity index (χ1v) is 8.89. The summed E-state index contributed by atoms with van der Waals surface area (Å²) < 4.78 is 19.3. The van der Waals surface area contributed by atoms with Gasteiger partial charge in [0.05, 0.1) is 7.11 Å². The lowest BCUT2D eigenvalue weighted by Crippen LogP contribution is -2.31. The molecule has 1 unspecified atom stereocenters. The van der Waals surface area contributed by atoms with Crippen LogP contribution in [0.5, 0.6) is 5.75 Å². The normalized spacial score (nSPS) is 17.7. The average Bonchev–Trinajstić information content (AvgIpc) is 2.54. The SMILES string of the molecule is CNC(CSC1CCCCC1)Cc1cccc(OC)c1F. The van der Waals surface area contributed by atoms with Gasteiger partial charge in [-0.1, -0.05) is 31.4 Å². The van der Waals surface area contributed by atoms with E-state index in [0.29, 0.717) is 18.2 Å². The number of benzene rings is 1. The lowest BCUT2D eigenvalue weighted by Gasteiger charge is -2.24. The molecular formula is C17H26FNOS. The number of rotatable bonds is 7. The third-order valence-corrected chi connectivity index (χ3v) is 5.76. The first kappa shape index (κ1) is 16.6. The van der Waals surface area contributed by atoms with Gasteiger partial charge < -0.3 is 10.1 Å². The van der Waals surface area contributed by atoms with Gasteiger partial charge in [-0.2, -0.15) is 11.8 Å². The number of thioether (sulfide) groups is 1. The Morgan fingerprint density at radius 1 is 1.33 bits per heavy atom. The molecule has 0 bridgehead atoms. The molecule has 1 saturated carbocycles. The highest BCUT2D eigenvalue weighted by molar-refractivity contribution is 7.99. The van der Waals surface area contributed by atoms with Crippen molar-refractivity contribution < 1.29 is 9.13 Å². The zero-order valence-corrected chi connectivity index (χ0v) is 13.8. The Labute approximate surface area is 131 Å². The van der Waals surface area contributed by atoms with Crippen molar-refractivity contribution >= 4 is 11.8 Å². The summed E-state index contributed by atoms with van der Waals surface area (Å²) in [6.07, 6.45) is 7.52. The van der Waals surface area contributed by atoms with Crippen molar-refractivity contribution in [1.82, 2.24) is 5.32 Å². The lowest BCUT2D eigenvalue weighted by molar-refractivity contribution is 0.383. The topological polar surface area (TPSA) is 21.3 Å². The molecule has 1 atom stereocenters. The Hall–Kier alpha value is -0.740. The van der Waals surface area contributed by atoms with Crippen LogP contribution in [0, 0.1) is 5.82 Å². The monoisotopic (exact) mass is 311 g/mol. The Kier molecular flexibility index (Phi) is 6.84. The van der Waals surface area contributed by atoms with E-state index in [-0.39, 0.29) is 5.82 Å². The van der Waals surface area contributed by atoms with Crippen LogP contribution in [0.4, 0.5) is 4.39 Å². The van der Waals surface area contributed by atoms with Gasteiger partial charge in [0.15, 0.2) is 11.6 Å². The number of nitrogens with one attached hydrogen (secondary N) is 1. The second-order valence-electron chi connectivity index (χ2n) is 5.72. The summed E-state index contributed by atoms with van der Waals surface area (Å²) in [6.45, 7) is 0. The van der Waals surface area contributed by atoms with E-state index in [2.05, 4.69) is 5.32 Å². The van der Waals surface area contributed by atoms with Crippen molar-refractivity contribution in [3.8, 4) is 5.75 Å². The number of likely N-dealkylation sites (N-methyl/N-ethyl adjacent to an activating group) is 1. The van der Waals surface area contributed by atoms with Crippen LogP contribution in [0.25, 0.3) is 0 Å². The van der Waals surface area contributed by atoms with Gasteiger partial charge in [-0.25, -0.2) is 4.39 Å². The Morgan fingerprint density at radius 3 is 2.76 bits per heavy atom. The maximum absolute atomic E-state index is 14.2. The first-order valence-electron chi connectivity index (χ1n) is 7.84. The second-order valence-corrected chi connectivity index (χ2v) is 7.05. The van der Waals surface area contributed by atoms with Crippen LogP contribution in [0.1, 0.15) is 37.7 Å². The summed E-state index contributed by atoms with van der Waals surface area (Å²) in [7, 11) is 3.47. The molecule has 21 heavy (non-hydrogen) atoms. The van der Waals surface area contributed by atoms with Crippen LogP contribution in [0.2, 0.25) is 0 Å². The molecule has 1 aliphatic rings. The molecular weight excluding hydrogens is 285 g/mol. The van der Waals surface area contributed by atoms with Gasteiger partial charge in [0.2, 0.25) is 0 Å². The predicted molar refractivity (Wildman–Crippen MR) is 88.8 cm³/mol. The quantitative estimate of drug-likeness (QED) is 0.821. The molecule has 1 aromatic carbocycles. The minimum absolute atomic E-state index is 0.220. The maximum atomic E-state index is 14.2. The van der Waals surface area contributed by atoms with Crippen LogP contribution < -0.4 is 10.1 Å². The fourth-order valence-electron chi connectivity index (χ4n) is 2.87. The fourth-order valence-corrected chi connectivity index (χ4v) is 4.32. The van der Waals surface area contributed by atoms with E-state index >= 15 is 0 Å². The van der Waals surface area contributed by atoms with Crippen molar-refractivity contribution in [2.75, 3.05) is 19.9 Å². The van der Waals surface area contributed by atoms with Crippen molar-refractivity contribution in [2.24, 2.45) is 0 Å². The maximum Gasteiger partial charge on any atom is 0.168 e. The van der Waals surface area contributed by atoms with E-state index in [1.54, 1.807) is 6.07 Å². The molecule has 0 spiro atoms. The minimum atomic E-state index is -0.220. The standard InChI is InChI=1S/C17H26FNOS/c1-19-14(12-21-15-8-4-3-5-9-15)11-13-7-6-10-16(20-2)17(13)18/h6-7,10,14-15,19H,3-5,8-9,11-12H2,1-2H3. The zero-order chi connectivity index (χ0) is 15.1. The molecule has 4 heteroatoms. The van der Waals surface area contributed by atoms with Gasteiger partial charge in [0.1, 0.15) is 0 Å². The lowest BCUT2D eigenvalue weighted by atomic mass is 10.0. The largest absolute Gasteiger partial charge is 0.494 e. The van der Waals surface area contributed by atoms with Crippen LogP contribution in [0.3, 0.4) is 0 Å². The van der Waals surface area contributed by atoms with Gasteiger partial charge in [-0.3, -0.25) is 0 Å².